The lowest BCUT2D eigenvalue weighted by Crippen LogP contribution is -2.20. The number of benzene rings is 1. The molecule has 0 N–H and O–H groups in total. The normalized spacial score (nSPS) is 15.2. The predicted molar refractivity (Wildman–Crippen MR) is 67.2 cm³/mol. The van der Waals surface area contributed by atoms with Gasteiger partial charge in [0.2, 0.25) is 0 Å². The first-order valence-electron chi connectivity index (χ1n) is 5.67. The third kappa shape index (κ3) is 3.41. The van der Waals surface area contributed by atoms with E-state index in [4.69, 9.17) is 11.6 Å². The second-order valence-corrected chi connectivity index (χ2v) is 5.09. The Kier molecular flexibility index (Phi) is 3.64. The maximum Gasteiger partial charge on any atom is 0.288 e. The van der Waals surface area contributed by atoms with Crippen molar-refractivity contribution >= 4 is 17.3 Å². The van der Waals surface area contributed by atoms with Crippen LogP contribution in [0.25, 0.3) is 0 Å². The van der Waals surface area contributed by atoms with Gasteiger partial charge in [0.05, 0.1) is 4.92 Å². The molecule has 0 aliphatic heterocycles. The van der Waals surface area contributed by atoms with Crippen molar-refractivity contribution in [1.29, 1.82) is 0 Å². The van der Waals surface area contributed by atoms with Gasteiger partial charge in [-0.15, -0.1) is 0 Å². The summed E-state index contributed by atoms with van der Waals surface area (Å²) in [7, 11) is 2.04. The highest BCUT2D eigenvalue weighted by Gasteiger charge is 2.23. The summed E-state index contributed by atoms with van der Waals surface area (Å²) < 4.78 is 0. The first kappa shape index (κ1) is 12.3. The molecule has 0 unspecified atom stereocenters. The zero-order valence-corrected chi connectivity index (χ0v) is 10.5. The molecule has 0 aromatic heterocycles. The zero-order chi connectivity index (χ0) is 12.4. The molecule has 0 bridgehead atoms. The van der Waals surface area contributed by atoms with E-state index in [1.807, 2.05) is 13.1 Å². The van der Waals surface area contributed by atoms with E-state index in [0.717, 1.165) is 24.6 Å². The first-order valence-corrected chi connectivity index (χ1v) is 6.05. The van der Waals surface area contributed by atoms with Gasteiger partial charge in [-0.1, -0.05) is 17.7 Å². The van der Waals surface area contributed by atoms with E-state index in [1.165, 1.54) is 12.8 Å². The molecule has 0 spiro atoms. The summed E-state index contributed by atoms with van der Waals surface area (Å²) in [5, 5.41) is 11.0. The highest BCUT2D eigenvalue weighted by molar-refractivity contribution is 6.32. The summed E-state index contributed by atoms with van der Waals surface area (Å²) in [6.45, 7) is 1.80. The SMILES string of the molecule is CN(Cc1ccc(Cl)c([N+](=O)[O-])c1)CC1CC1. The van der Waals surface area contributed by atoms with Crippen LogP contribution in [0.4, 0.5) is 5.69 Å². The molecule has 0 saturated heterocycles. The lowest BCUT2D eigenvalue weighted by molar-refractivity contribution is -0.384. The van der Waals surface area contributed by atoms with Crippen LogP contribution >= 0.6 is 11.6 Å². The van der Waals surface area contributed by atoms with Crippen molar-refractivity contribution in [3.63, 3.8) is 0 Å². The van der Waals surface area contributed by atoms with Crippen LogP contribution in [0, 0.1) is 16.0 Å². The van der Waals surface area contributed by atoms with E-state index in [2.05, 4.69) is 4.90 Å². The molecule has 0 radical (unpaired) electrons. The molecule has 1 saturated carbocycles. The van der Waals surface area contributed by atoms with Crippen LogP contribution < -0.4 is 0 Å². The minimum atomic E-state index is -0.438. The fraction of sp³-hybridized carbons (Fsp3) is 0.500. The fourth-order valence-electron chi connectivity index (χ4n) is 1.91. The number of hydrogen-bond donors (Lipinski definition) is 0. The molecule has 0 amide bonds. The van der Waals surface area contributed by atoms with Crippen molar-refractivity contribution in [2.45, 2.75) is 19.4 Å². The number of halogens is 1. The highest BCUT2D eigenvalue weighted by Crippen LogP contribution is 2.30. The van der Waals surface area contributed by atoms with Crippen LogP contribution in [0.3, 0.4) is 0 Å². The van der Waals surface area contributed by atoms with Gasteiger partial charge in [0.25, 0.3) is 5.69 Å². The second-order valence-electron chi connectivity index (χ2n) is 4.68. The predicted octanol–water partition coefficient (Wildman–Crippen LogP) is 3.09. The molecule has 92 valence electrons. The molecule has 2 rings (SSSR count). The molecular weight excluding hydrogens is 240 g/mol. The average Bonchev–Trinajstić information content (AvgIpc) is 3.04. The summed E-state index contributed by atoms with van der Waals surface area (Å²) >= 11 is 5.77. The molecule has 1 aliphatic carbocycles. The van der Waals surface area contributed by atoms with E-state index < -0.39 is 4.92 Å². The lowest BCUT2D eigenvalue weighted by atomic mass is 10.2. The molecule has 5 heteroatoms. The minimum Gasteiger partial charge on any atom is -0.302 e. The molecule has 0 atom stereocenters. The van der Waals surface area contributed by atoms with E-state index in [9.17, 15) is 10.1 Å². The van der Waals surface area contributed by atoms with E-state index in [-0.39, 0.29) is 10.7 Å². The summed E-state index contributed by atoms with van der Waals surface area (Å²) in [5.74, 6) is 0.822. The third-order valence-corrected chi connectivity index (χ3v) is 3.25. The monoisotopic (exact) mass is 254 g/mol. The standard InChI is InChI=1S/C12H15ClN2O2/c1-14(7-9-2-3-9)8-10-4-5-11(13)12(6-10)15(16)17/h4-6,9H,2-3,7-8H2,1H3. The topological polar surface area (TPSA) is 46.4 Å². The van der Waals surface area contributed by atoms with Gasteiger partial charge in [0.15, 0.2) is 0 Å². The molecule has 0 heterocycles. The van der Waals surface area contributed by atoms with Crippen LogP contribution in [0.15, 0.2) is 18.2 Å². The summed E-state index contributed by atoms with van der Waals surface area (Å²) in [4.78, 5) is 12.5. The Morgan fingerprint density at radius 1 is 1.53 bits per heavy atom. The van der Waals surface area contributed by atoms with E-state index in [0.29, 0.717) is 0 Å². The van der Waals surface area contributed by atoms with E-state index >= 15 is 0 Å². The number of rotatable bonds is 5. The number of nitro groups is 1. The second kappa shape index (κ2) is 5.02. The molecular formula is C12H15ClN2O2. The van der Waals surface area contributed by atoms with Gasteiger partial charge >= 0.3 is 0 Å². The zero-order valence-electron chi connectivity index (χ0n) is 9.73. The molecule has 4 nitrogen and oxygen atoms in total. The van der Waals surface area contributed by atoms with Crippen LogP contribution in [0.1, 0.15) is 18.4 Å². The Bertz CT molecular complexity index is 433. The Labute approximate surface area is 105 Å². The fourth-order valence-corrected chi connectivity index (χ4v) is 2.10. The smallest absolute Gasteiger partial charge is 0.288 e. The van der Waals surface area contributed by atoms with Gasteiger partial charge in [0, 0.05) is 19.2 Å². The van der Waals surface area contributed by atoms with Gasteiger partial charge in [-0.2, -0.15) is 0 Å². The number of nitrogens with zero attached hydrogens (tertiary/aromatic N) is 2. The van der Waals surface area contributed by atoms with Gasteiger partial charge < -0.3 is 4.90 Å². The maximum absolute atomic E-state index is 10.8. The van der Waals surface area contributed by atoms with Crippen LogP contribution in [0.5, 0.6) is 0 Å². The number of hydrogen-bond acceptors (Lipinski definition) is 3. The van der Waals surface area contributed by atoms with Crippen LogP contribution in [0.2, 0.25) is 5.02 Å². The molecule has 1 fully saturated rings. The van der Waals surface area contributed by atoms with Crippen molar-refractivity contribution in [3.8, 4) is 0 Å². The van der Waals surface area contributed by atoms with Crippen molar-refractivity contribution < 1.29 is 4.92 Å². The van der Waals surface area contributed by atoms with E-state index in [1.54, 1.807) is 12.1 Å². The minimum absolute atomic E-state index is 0.0102. The van der Waals surface area contributed by atoms with Crippen molar-refractivity contribution in [2.24, 2.45) is 5.92 Å². The summed E-state index contributed by atoms with van der Waals surface area (Å²) in [6, 6.07) is 5.00. The van der Waals surface area contributed by atoms with Crippen molar-refractivity contribution in [1.82, 2.24) is 4.90 Å². The Hall–Kier alpha value is -1.13. The van der Waals surface area contributed by atoms with Crippen molar-refractivity contribution in [2.75, 3.05) is 13.6 Å². The molecule has 17 heavy (non-hydrogen) atoms. The molecule has 1 aromatic rings. The Morgan fingerprint density at radius 3 is 2.82 bits per heavy atom. The maximum atomic E-state index is 10.8. The Morgan fingerprint density at radius 2 is 2.24 bits per heavy atom. The largest absolute Gasteiger partial charge is 0.302 e. The average molecular weight is 255 g/mol. The van der Waals surface area contributed by atoms with Crippen molar-refractivity contribution in [3.05, 3.63) is 38.9 Å². The van der Waals surface area contributed by atoms with Gasteiger partial charge in [-0.25, -0.2) is 0 Å². The highest BCUT2D eigenvalue weighted by atomic mass is 35.5. The summed E-state index contributed by atoms with van der Waals surface area (Å²) in [6.07, 6.45) is 2.62. The van der Waals surface area contributed by atoms with Crippen LogP contribution in [-0.2, 0) is 6.54 Å². The Balaban J connectivity index is 2.04. The van der Waals surface area contributed by atoms with Gasteiger partial charge in [-0.3, -0.25) is 10.1 Å². The molecule has 1 aromatic carbocycles. The third-order valence-electron chi connectivity index (χ3n) is 2.93. The van der Waals surface area contributed by atoms with Gasteiger partial charge in [0.1, 0.15) is 5.02 Å². The number of nitro benzene ring substituents is 1. The quantitative estimate of drug-likeness (QED) is 0.599. The molecule has 1 aliphatic rings. The van der Waals surface area contributed by atoms with Crippen LogP contribution in [-0.4, -0.2) is 23.4 Å². The summed E-state index contributed by atoms with van der Waals surface area (Å²) in [5.41, 5.74) is 0.924. The van der Waals surface area contributed by atoms with Gasteiger partial charge in [-0.05, 0) is 37.4 Å². The first-order chi connectivity index (χ1) is 8.06. The lowest BCUT2D eigenvalue weighted by Gasteiger charge is -2.16.